The maximum Gasteiger partial charge on any atom is 0.190 e. The average molecular weight is 581 g/mol. The van der Waals surface area contributed by atoms with Crippen LogP contribution in [0.1, 0.15) is 53.4 Å². The summed E-state index contributed by atoms with van der Waals surface area (Å²) in [6.45, 7) is 6.66. The molecule has 7 N–H and O–H groups in total. The van der Waals surface area contributed by atoms with E-state index in [1.165, 1.54) is 0 Å². The lowest BCUT2D eigenvalue weighted by Crippen LogP contribution is -2.60. The van der Waals surface area contributed by atoms with Crippen LogP contribution in [0, 0.1) is 0 Å². The minimum Gasteiger partial charge on any atom is -0.394 e. The zero-order valence-electron chi connectivity index (χ0n) is 23.2. The van der Waals surface area contributed by atoms with Gasteiger partial charge >= 0.3 is 0 Å². The molecule has 5 aliphatic heterocycles. The summed E-state index contributed by atoms with van der Waals surface area (Å²) in [6, 6.07) is 0. The topological polar surface area (TPSA) is 206 Å². The molecule has 5 rings (SSSR count). The van der Waals surface area contributed by atoms with Crippen molar-refractivity contribution in [2.45, 2.75) is 157 Å². The van der Waals surface area contributed by atoms with Gasteiger partial charge in [-0.05, 0) is 53.4 Å². The Bertz CT molecular complexity index is 870. The van der Waals surface area contributed by atoms with E-state index in [-0.39, 0.29) is 19.3 Å². The maximum absolute atomic E-state index is 10.7. The van der Waals surface area contributed by atoms with Gasteiger partial charge in [-0.2, -0.15) is 0 Å². The smallest absolute Gasteiger partial charge is 0.190 e. The van der Waals surface area contributed by atoms with Crippen molar-refractivity contribution in [3.63, 3.8) is 0 Å². The van der Waals surface area contributed by atoms with E-state index in [9.17, 15) is 35.7 Å². The summed E-state index contributed by atoms with van der Waals surface area (Å²) in [7, 11) is 0. The van der Waals surface area contributed by atoms with Crippen LogP contribution in [0.5, 0.6) is 0 Å². The number of hydrogen-bond donors (Lipinski definition) is 7. The largest absolute Gasteiger partial charge is 0.394 e. The highest BCUT2D eigenvalue weighted by Gasteiger charge is 2.60. The van der Waals surface area contributed by atoms with E-state index in [1.807, 2.05) is 13.8 Å². The highest BCUT2D eigenvalue weighted by atomic mass is 16.9. The highest BCUT2D eigenvalue weighted by Crippen LogP contribution is 2.45. The molecule has 0 bridgehead atoms. The third-order valence-corrected chi connectivity index (χ3v) is 8.52. The Hall–Kier alpha value is -0.560. The Morgan fingerprint density at radius 1 is 0.450 bits per heavy atom. The van der Waals surface area contributed by atoms with Crippen molar-refractivity contribution in [3.8, 4) is 0 Å². The van der Waals surface area contributed by atoms with Crippen LogP contribution in [-0.2, 0) is 33.2 Å². The van der Waals surface area contributed by atoms with E-state index in [2.05, 4.69) is 0 Å². The fraction of sp³-hybridized carbons (Fsp3) is 1.00. The summed E-state index contributed by atoms with van der Waals surface area (Å²) in [6.07, 6.45) is -14.2. The molecular weight excluding hydrogens is 536 g/mol. The normalized spacial score (nSPS) is 51.8. The Morgan fingerprint density at radius 2 is 0.850 bits per heavy atom. The van der Waals surface area contributed by atoms with E-state index in [0.717, 1.165) is 0 Å². The minimum atomic E-state index is -1.52. The van der Waals surface area contributed by atoms with E-state index in [0.29, 0.717) is 6.42 Å². The van der Waals surface area contributed by atoms with Crippen LogP contribution in [-0.4, -0.2) is 146 Å². The highest BCUT2D eigenvalue weighted by molar-refractivity contribution is 5.01. The first kappa shape index (κ1) is 30.9. The zero-order chi connectivity index (χ0) is 29.1. The predicted octanol–water partition coefficient (Wildman–Crippen LogP) is -2.36. The minimum absolute atomic E-state index is 0.0879. The second kappa shape index (κ2) is 11.5. The number of rotatable bonds is 7. The van der Waals surface area contributed by atoms with E-state index >= 15 is 0 Å². The van der Waals surface area contributed by atoms with Crippen LogP contribution in [0.4, 0.5) is 0 Å². The zero-order valence-corrected chi connectivity index (χ0v) is 23.2. The summed E-state index contributed by atoms with van der Waals surface area (Å²) < 4.78 is 42.0. The van der Waals surface area contributed by atoms with Gasteiger partial charge in [0.25, 0.3) is 0 Å². The van der Waals surface area contributed by atoms with Crippen LogP contribution >= 0.6 is 0 Å². The van der Waals surface area contributed by atoms with Gasteiger partial charge in [0.2, 0.25) is 0 Å². The first-order valence-corrected chi connectivity index (χ1v) is 14.1. The van der Waals surface area contributed by atoms with Crippen molar-refractivity contribution in [1.29, 1.82) is 0 Å². The maximum atomic E-state index is 10.7. The molecule has 15 atom stereocenters. The molecule has 0 unspecified atom stereocenters. The molecule has 0 aromatic carbocycles. The lowest BCUT2D eigenvalue weighted by Gasteiger charge is -2.44. The average Bonchev–Trinajstić information content (AvgIpc) is 3.39. The van der Waals surface area contributed by atoms with E-state index in [4.69, 9.17) is 33.2 Å². The fourth-order valence-corrected chi connectivity index (χ4v) is 6.51. The monoisotopic (exact) mass is 580 g/mol. The molecule has 40 heavy (non-hydrogen) atoms. The van der Waals surface area contributed by atoms with Crippen molar-refractivity contribution < 1.29 is 68.9 Å². The molecular formula is C26H44O14. The predicted molar refractivity (Wildman–Crippen MR) is 131 cm³/mol. The molecule has 14 nitrogen and oxygen atoms in total. The molecule has 0 aromatic rings. The molecule has 5 fully saturated rings. The summed E-state index contributed by atoms with van der Waals surface area (Å²) in [5, 5.41) is 71.7. The van der Waals surface area contributed by atoms with Gasteiger partial charge in [-0.25, -0.2) is 0 Å². The summed E-state index contributed by atoms with van der Waals surface area (Å²) in [5.41, 5.74) is 0. The Kier molecular flexibility index (Phi) is 8.88. The Morgan fingerprint density at radius 3 is 1.38 bits per heavy atom. The van der Waals surface area contributed by atoms with Crippen molar-refractivity contribution >= 4 is 0 Å². The van der Waals surface area contributed by atoms with E-state index < -0.39 is 110 Å². The fourth-order valence-electron chi connectivity index (χ4n) is 6.51. The van der Waals surface area contributed by atoms with Gasteiger partial charge in [0, 0.05) is 0 Å². The third-order valence-electron chi connectivity index (χ3n) is 8.52. The third kappa shape index (κ3) is 5.95. The van der Waals surface area contributed by atoms with Crippen LogP contribution in [0.15, 0.2) is 0 Å². The molecule has 0 spiro atoms. The first-order valence-electron chi connectivity index (χ1n) is 14.1. The van der Waals surface area contributed by atoms with Crippen molar-refractivity contribution in [1.82, 2.24) is 0 Å². The molecule has 5 heterocycles. The van der Waals surface area contributed by atoms with Gasteiger partial charge in [-0.15, -0.1) is 0 Å². The molecule has 0 aromatic heterocycles. The van der Waals surface area contributed by atoms with Gasteiger partial charge in [-0.3, -0.25) is 0 Å². The number of hydrogen-bond acceptors (Lipinski definition) is 14. The van der Waals surface area contributed by atoms with E-state index in [1.54, 1.807) is 13.8 Å². The quantitative estimate of drug-likeness (QED) is 0.168. The molecule has 0 radical (unpaired) electrons. The van der Waals surface area contributed by atoms with Crippen LogP contribution in [0.25, 0.3) is 0 Å². The van der Waals surface area contributed by atoms with Crippen LogP contribution < -0.4 is 0 Å². The first-order chi connectivity index (χ1) is 18.7. The van der Waals surface area contributed by atoms with Gasteiger partial charge in [0.05, 0.1) is 31.0 Å². The molecule has 14 heteroatoms. The molecule has 5 saturated heterocycles. The lowest BCUT2D eigenvalue weighted by atomic mass is 9.87. The van der Waals surface area contributed by atoms with Crippen LogP contribution in [0.3, 0.4) is 0 Å². The second-order valence-electron chi connectivity index (χ2n) is 12.4. The van der Waals surface area contributed by atoms with Crippen molar-refractivity contribution in [3.05, 3.63) is 0 Å². The molecule has 0 aliphatic carbocycles. The summed E-state index contributed by atoms with van der Waals surface area (Å²) >= 11 is 0. The Labute approximate surface area is 232 Å². The molecule has 0 saturated carbocycles. The number of fused-ring (bicyclic) bond motifs is 3. The summed E-state index contributed by atoms with van der Waals surface area (Å²) in [4.78, 5) is 0. The van der Waals surface area contributed by atoms with Gasteiger partial charge in [0.15, 0.2) is 17.9 Å². The molecule has 232 valence electrons. The van der Waals surface area contributed by atoms with Gasteiger partial charge in [0.1, 0.15) is 61.0 Å². The van der Waals surface area contributed by atoms with Gasteiger partial charge < -0.3 is 68.9 Å². The SMILES string of the molecule is CC1(C)O[C@H]2[C@@H](O1)[C@@H](CC[C@@H]1O[C@H](CC[C@@H]3O[C@H](CO)[C@H](O)[C@H](O)[C@H]3O)[C@H](O)[C@H](O)[C@H]1O)O[C@@H]1OC(C)(C)O[C@@H]12. The van der Waals surface area contributed by atoms with Crippen molar-refractivity contribution in [2.75, 3.05) is 6.61 Å². The molecule has 5 aliphatic rings. The lowest BCUT2D eigenvalue weighted by molar-refractivity contribution is -0.249. The van der Waals surface area contributed by atoms with Gasteiger partial charge in [-0.1, -0.05) is 0 Å². The summed E-state index contributed by atoms with van der Waals surface area (Å²) in [5.74, 6) is -1.72. The number of ether oxygens (including phenoxy) is 7. The number of aliphatic hydroxyl groups excluding tert-OH is 7. The van der Waals surface area contributed by atoms with Crippen LogP contribution in [0.2, 0.25) is 0 Å². The molecule has 0 amide bonds. The number of aliphatic hydroxyl groups is 7. The Balaban J connectivity index is 1.21. The standard InChI is InChI=1S/C26H44O14/c1-25(2)37-21-13(36-24-23(22(21)38-25)39-26(3,4)40-24)8-7-11-16(29)19(32)15(28)10(34-11)5-6-12-17(30)20(33)18(31)14(9-27)35-12/h10-24,27-33H,5-9H2,1-4H3/t10-,11+,12+,13-,14-,15+,16+,17+,18+,19+,20-,21+,22+,23-,24-/m1/s1. The second-order valence-corrected chi connectivity index (χ2v) is 12.4. The van der Waals surface area contributed by atoms with Crippen molar-refractivity contribution in [2.24, 2.45) is 0 Å².